The van der Waals surface area contributed by atoms with Crippen LogP contribution in [-0.2, 0) is 9.53 Å². The molecule has 0 spiro atoms. The summed E-state index contributed by atoms with van der Waals surface area (Å²) in [6.07, 6.45) is 2.09. The largest absolute Gasteiger partial charge is 0.444 e. The van der Waals surface area contributed by atoms with E-state index in [1.807, 2.05) is 26.8 Å². The standard InChI is InChI=1S/C13H17BrN2O3/c1-13(2,3)19-12(18)16-5-4-10-8(7-16)6-9(14)11(17)15-10/h6,9H,4-5,7H2,1-3H3. The Hall–Kier alpha value is -1.17. The molecule has 1 fully saturated rings. The van der Waals surface area contributed by atoms with Crippen molar-refractivity contribution in [1.29, 1.82) is 0 Å². The van der Waals surface area contributed by atoms with Gasteiger partial charge in [-0.1, -0.05) is 22.0 Å². The summed E-state index contributed by atoms with van der Waals surface area (Å²) in [5, 5.41) is 0. The van der Waals surface area contributed by atoms with Crippen molar-refractivity contribution in [2.24, 2.45) is 4.99 Å². The van der Waals surface area contributed by atoms with Gasteiger partial charge in [0.15, 0.2) is 0 Å². The molecule has 1 atom stereocenters. The van der Waals surface area contributed by atoms with Crippen LogP contribution < -0.4 is 0 Å². The van der Waals surface area contributed by atoms with E-state index in [-0.39, 0.29) is 16.8 Å². The molecule has 6 heteroatoms. The number of carbonyl (C=O) groups excluding carboxylic acids is 2. The van der Waals surface area contributed by atoms with Gasteiger partial charge in [0.25, 0.3) is 5.91 Å². The van der Waals surface area contributed by atoms with Crippen LogP contribution in [0.4, 0.5) is 4.79 Å². The number of dihydropyridines is 1. The van der Waals surface area contributed by atoms with E-state index in [0.717, 1.165) is 11.3 Å². The fourth-order valence-corrected chi connectivity index (χ4v) is 2.40. The number of hydrogen-bond acceptors (Lipinski definition) is 3. The van der Waals surface area contributed by atoms with E-state index >= 15 is 0 Å². The summed E-state index contributed by atoms with van der Waals surface area (Å²) in [4.78, 5) is 28.8. The summed E-state index contributed by atoms with van der Waals surface area (Å²) in [5.74, 6) is -0.176. The van der Waals surface area contributed by atoms with Crippen LogP contribution in [0.1, 0.15) is 27.2 Å². The Labute approximate surface area is 120 Å². The normalized spacial score (nSPS) is 23.5. The van der Waals surface area contributed by atoms with Crippen molar-refractivity contribution in [3.63, 3.8) is 0 Å². The van der Waals surface area contributed by atoms with E-state index in [4.69, 9.17) is 4.74 Å². The van der Waals surface area contributed by atoms with Gasteiger partial charge in [-0.05, 0) is 26.3 Å². The average molecular weight is 329 g/mol. The lowest BCUT2D eigenvalue weighted by Gasteiger charge is -2.33. The molecule has 0 aromatic carbocycles. The molecule has 0 aromatic rings. The zero-order valence-corrected chi connectivity index (χ0v) is 12.9. The topological polar surface area (TPSA) is 59.0 Å². The van der Waals surface area contributed by atoms with Crippen molar-refractivity contribution in [1.82, 2.24) is 4.90 Å². The summed E-state index contributed by atoms with van der Waals surface area (Å²) in [6, 6.07) is 0. The first kappa shape index (κ1) is 14.2. The fraction of sp³-hybridized carbons (Fsp3) is 0.615. The Balaban J connectivity index is 2.07. The monoisotopic (exact) mass is 328 g/mol. The van der Waals surface area contributed by atoms with Crippen LogP contribution in [0.3, 0.4) is 0 Å². The summed E-state index contributed by atoms with van der Waals surface area (Å²) in [6.45, 7) is 6.51. The van der Waals surface area contributed by atoms with Gasteiger partial charge in [-0.15, -0.1) is 0 Å². The number of carbonyl (C=O) groups is 2. The number of rotatable bonds is 0. The smallest absolute Gasteiger partial charge is 0.410 e. The van der Waals surface area contributed by atoms with Crippen LogP contribution in [0.5, 0.6) is 0 Å². The molecule has 0 radical (unpaired) electrons. The molecule has 5 nitrogen and oxygen atoms in total. The number of ether oxygens (including phenoxy) is 1. The molecular weight excluding hydrogens is 312 g/mol. The van der Waals surface area contributed by atoms with Crippen molar-refractivity contribution in [2.45, 2.75) is 37.6 Å². The van der Waals surface area contributed by atoms with E-state index < -0.39 is 5.60 Å². The third-order valence-electron chi connectivity index (χ3n) is 2.83. The second-order valence-corrected chi connectivity index (χ2v) is 6.63. The maximum atomic E-state index is 12.0. The third-order valence-corrected chi connectivity index (χ3v) is 3.49. The van der Waals surface area contributed by atoms with Gasteiger partial charge >= 0.3 is 6.09 Å². The van der Waals surface area contributed by atoms with E-state index in [0.29, 0.717) is 19.5 Å². The summed E-state index contributed by atoms with van der Waals surface area (Å²) in [7, 11) is 0. The second-order valence-electron chi connectivity index (χ2n) is 5.64. The van der Waals surface area contributed by atoms with E-state index in [1.54, 1.807) is 4.90 Å². The Morgan fingerprint density at radius 2 is 2.21 bits per heavy atom. The van der Waals surface area contributed by atoms with Gasteiger partial charge in [0, 0.05) is 13.0 Å². The Morgan fingerprint density at radius 1 is 1.53 bits per heavy atom. The molecule has 0 N–H and O–H groups in total. The Morgan fingerprint density at radius 3 is 2.84 bits per heavy atom. The van der Waals surface area contributed by atoms with Gasteiger partial charge in [-0.25, -0.2) is 9.79 Å². The number of likely N-dealkylation sites (tertiary alicyclic amines) is 1. The first-order chi connectivity index (χ1) is 8.76. The number of halogens is 1. The third kappa shape index (κ3) is 3.43. The molecule has 0 aromatic heterocycles. The van der Waals surface area contributed by atoms with Crippen LogP contribution in [-0.4, -0.2) is 46.1 Å². The van der Waals surface area contributed by atoms with Crippen molar-refractivity contribution >= 4 is 33.6 Å². The van der Waals surface area contributed by atoms with Crippen LogP contribution in [0.2, 0.25) is 0 Å². The molecule has 2 aliphatic heterocycles. The Kier molecular flexibility index (Phi) is 3.80. The zero-order valence-electron chi connectivity index (χ0n) is 11.3. The van der Waals surface area contributed by atoms with Gasteiger partial charge in [0.2, 0.25) is 0 Å². The minimum atomic E-state index is -0.500. The number of amides is 2. The number of nitrogens with zero attached hydrogens (tertiary/aromatic N) is 2. The molecule has 104 valence electrons. The van der Waals surface area contributed by atoms with E-state index in [9.17, 15) is 9.59 Å². The molecule has 2 aliphatic rings. The summed E-state index contributed by atoms with van der Waals surface area (Å²) < 4.78 is 5.35. The molecule has 0 bridgehead atoms. The van der Waals surface area contributed by atoms with Crippen molar-refractivity contribution < 1.29 is 14.3 Å². The van der Waals surface area contributed by atoms with Crippen LogP contribution in [0, 0.1) is 0 Å². The molecule has 0 aliphatic carbocycles. The van der Waals surface area contributed by atoms with Gasteiger partial charge in [-0.2, -0.15) is 0 Å². The lowest BCUT2D eigenvalue weighted by atomic mass is 9.99. The lowest BCUT2D eigenvalue weighted by molar-refractivity contribution is -0.116. The number of aliphatic imine (C=N–C) groups is 1. The maximum absolute atomic E-state index is 12.0. The fourth-order valence-electron chi connectivity index (χ4n) is 1.98. The van der Waals surface area contributed by atoms with Gasteiger partial charge < -0.3 is 9.64 Å². The second kappa shape index (κ2) is 5.07. The number of alkyl halides is 1. The zero-order chi connectivity index (χ0) is 14.2. The highest BCUT2D eigenvalue weighted by Gasteiger charge is 2.31. The van der Waals surface area contributed by atoms with Crippen molar-refractivity contribution in [3.8, 4) is 0 Å². The predicted octanol–water partition coefficient (Wildman–Crippen LogP) is 2.30. The molecule has 0 saturated carbocycles. The molecular formula is C13H17BrN2O3. The maximum Gasteiger partial charge on any atom is 0.410 e. The van der Waals surface area contributed by atoms with Gasteiger partial charge in [0.05, 0.1) is 12.3 Å². The Bertz CT molecular complexity index is 477. The van der Waals surface area contributed by atoms with Crippen LogP contribution >= 0.6 is 15.9 Å². The van der Waals surface area contributed by atoms with E-state index in [2.05, 4.69) is 20.9 Å². The quantitative estimate of drug-likeness (QED) is 0.641. The highest BCUT2D eigenvalue weighted by atomic mass is 79.9. The average Bonchev–Trinajstić information content (AvgIpc) is 2.27. The summed E-state index contributed by atoms with van der Waals surface area (Å²) >= 11 is 3.25. The molecule has 1 saturated heterocycles. The number of fused-ring (bicyclic) bond motifs is 1. The molecule has 2 rings (SSSR count). The number of hydrogen-bond donors (Lipinski definition) is 0. The molecule has 2 heterocycles. The van der Waals surface area contributed by atoms with Crippen molar-refractivity contribution in [3.05, 3.63) is 11.6 Å². The predicted molar refractivity (Wildman–Crippen MR) is 75.7 cm³/mol. The van der Waals surface area contributed by atoms with Crippen molar-refractivity contribution in [2.75, 3.05) is 13.1 Å². The minimum Gasteiger partial charge on any atom is -0.444 e. The highest BCUT2D eigenvalue weighted by molar-refractivity contribution is 9.10. The minimum absolute atomic E-state index is 0.176. The molecule has 2 amide bonds. The molecule has 1 unspecified atom stereocenters. The lowest BCUT2D eigenvalue weighted by Crippen LogP contribution is -2.44. The molecule has 19 heavy (non-hydrogen) atoms. The summed E-state index contributed by atoms with van der Waals surface area (Å²) in [5.41, 5.74) is 1.22. The number of piperidine rings is 1. The van der Waals surface area contributed by atoms with Gasteiger partial charge in [0.1, 0.15) is 10.4 Å². The van der Waals surface area contributed by atoms with Gasteiger partial charge in [-0.3, -0.25) is 4.79 Å². The first-order valence-electron chi connectivity index (χ1n) is 6.21. The van der Waals surface area contributed by atoms with E-state index in [1.165, 1.54) is 0 Å². The SMILES string of the molecule is CC(C)(C)OC(=O)N1CCC2=NC(=O)C(Br)C=C2C1. The first-order valence-corrected chi connectivity index (χ1v) is 7.12. The van der Waals surface area contributed by atoms with Crippen LogP contribution in [0.25, 0.3) is 0 Å². The van der Waals surface area contributed by atoms with Crippen LogP contribution in [0.15, 0.2) is 16.6 Å². The highest BCUT2D eigenvalue weighted by Crippen LogP contribution is 2.23.